The Bertz CT molecular complexity index is 1040. The van der Waals surface area contributed by atoms with Gasteiger partial charge in [-0.25, -0.2) is 13.4 Å². The molecule has 9 heteroatoms. The van der Waals surface area contributed by atoms with Crippen molar-refractivity contribution in [2.24, 2.45) is 0 Å². The van der Waals surface area contributed by atoms with Gasteiger partial charge in [0.05, 0.1) is 21.6 Å². The van der Waals surface area contributed by atoms with E-state index in [1.807, 2.05) is 6.07 Å². The first-order valence-electron chi connectivity index (χ1n) is 10.5. The highest BCUT2D eigenvalue weighted by Gasteiger charge is 2.27. The molecule has 0 N–H and O–H groups in total. The molecule has 166 valence electrons. The van der Waals surface area contributed by atoms with Gasteiger partial charge in [-0.05, 0) is 56.0 Å². The number of hydrogen-bond acceptors (Lipinski definition) is 6. The molecule has 0 unspecified atom stereocenters. The number of carbonyl (C=O) groups is 1. The average molecular weight is 464 g/mol. The molecule has 7 nitrogen and oxygen atoms in total. The Morgan fingerprint density at radius 3 is 2.42 bits per heavy atom. The normalized spacial score (nSPS) is 17.7. The summed E-state index contributed by atoms with van der Waals surface area (Å²) in [6, 6.07) is 8.25. The zero-order valence-corrected chi connectivity index (χ0v) is 19.0. The number of halogens is 1. The summed E-state index contributed by atoms with van der Waals surface area (Å²) in [5, 5.41) is 0.582. The summed E-state index contributed by atoms with van der Waals surface area (Å²) in [5.74, 6) is 1.08. The van der Waals surface area contributed by atoms with Gasteiger partial charge in [0.2, 0.25) is 0 Å². The Balaban J connectivity index is 1.53. The highest BCUT2D eigenvalue weighted by molar-refractivity contribution is 7.90. The second-order valence-electron chi connectivity index (χ2n) is 8.07. The van der Waals surface area contributed by atoms with Gasteiger partial charge in [0.1, 0.15) is 11.6 Å². The lowest BCUT2D eigenvalue weighted by Gasteiger charge is -2.35. The lowest BCUT2D eigenvalue weighted by molar-refractivity contribution is 0.0738. The molecule has 1 aromatic carbocycles. The van der Waals surface area contributed by atoms with E-state index in [9.17, 15) is 13.2 Å². The fraction of sp³-hybridized carbons (Fsp3) is 0.455. The molecule has 0 spiro atoms. The van der Waals surface area contributed by atoms with Crippen molar-refractivity contribution in [2.45, 2.75) is 36.7 Å². The van der Waals surface area contributed by atoms with Crippen LogP contribution in [0.15, 0.2) is 41.4 Å². The first-order chi connectivity index (χ1) is 14.8. The van der Waals surface area contributed by atoms with E-state index in [4.69, 9.17) is 16.3 Å². The van der Waals surface area contributed by atoms with Crippen LogP contribution < -0.4 is 9.64 Å². The Hall–Kier alpha value is -2.32. The number of aromatic nitrogens is 1. The molecule has 1 aliphatic heterocycles. The number of anilines is 1. The van der Waals surface area contributed by atoms with E-state index in [1.165, 1.54) is 12.1 Å². The summed E-state index contributed by atoms with van der Waals surface area (Å²) in [6.07, 6.45) is 6.95. The first-order valence-corrected chi connectivity index (χ1v) is 12.7. The van der Waals surface area contributed by atoms with Crippen molar-refractivity contribution in [1.82, 2.24) is 9.88 Å². The zero-order valence-electron chi connectivity index (χ0n) is 17.5. The first kappa shape index (κ1) is 21.9. The standard InChI is InChI=1S/C22H26ClN3O4S/c1-31(28,29)18-7-8-20(30-17-4-2-3-5-17)19(14-18)22(27)26-12-10-25(11-13-26)21-9-6-16(23)15-24-21/h6-9,14-15,17H,2-5,10-13H2,1H3. The molecule has 1 saturated heterocycles. The fourth-order valence-electron chi connectivity index (χ4n) is 4.06. The zero-order chi connectivity index (χ0) is 22.0. The largest absolute Gasteiger partial charge is 0.490 e. The molecule has 0 bridgehead atoms. The van der Waals surface area contributed by atoms with Crippen molar-refractivity contribution in [2.75, 3.05) is 37.3 Å². The second kappa shape index (κ2) is 9.04. The number of ether oxygens (including phenoxy) is 1. The molecular weight excluding hydrogens is 438 g/mol. The fourth-order valence-corrected chi connectivity index (χ4v) is 4.82. The predicted octanol–water partition coefficient (Wildman–Crippen LogP) is 3.42. The third-order valence-corrected chi connectivity index (χ3v) is 7.14. The van der Waals surface area contributed by atoms with Gasteiger partial charge >= 0.3 is 0 Å². The van der Waals surface area contributed by atoms with Crippen LogP contribution in [-0.2, 0) is 9.84 Å². The van der Waals surface area contributed by atoms with Gasteiger partial charge in [0, 0.05) is 38.6 Å². The number of carbonyl (C=O) groups excluding carboxylic acids is 1. The third-order valence-electron chi connectivity index (χ3n) is 5.81. The number of rotatable bonds is 5. The number of sulfone groups is 1. The van der Waals surface area contributed by atoms with Gasteiger partial charge in [-0.2, -0.15) is 0 Å². The number of nitrogens with zero attached hydrogens (tertiary/aromatic N) is 3. The maximum absolute atomic E-state index is 13.4. The minimum atomic E-state index is -3.44. The van der Waals surface area contributed by atoms with Crippen LogP contribution in [0.2, 0.25) is 5.02 Å². The lowest BCUT2D eigenvalue weighted by atomic mass is 10.1. The monoisotopic (exact) mass is 463 g/mol. The van der Waals surface area contributed by atoms with Crippen molar-refractivity contribution in [3.8, 4) is 5.75 Å². The molecule has 1 amide bonds. The van der Waals surface area contributed by atoms with Crippen LogP contribution in [0.25, 0.3) is 0 Å². The number of pyridine rings is 1. The summed E-state index contributed by atoms with van der Waals surface area (Å²) in [7, 11) is -3.44. The molecular formula is C22H26ClN3O4S. The number of benzene rings is 1. The highest BCUT2D eigenvalue weighted by Crippen LogP contribution is 2.30. The summed E-state index contributed by atoms with van der Waals surface area (Å²) in [5.41, 5.74) is 0.313. The quantitative estimate of drug-likeness (QED) is 0.676. The Morgan fingerprint density at radius 2 is 1.81 bits per heavy atom. The van der Waals surface area contributed by atoms with Gasteiger partial charge < -0.3 is 14.5 Å². The molecule has 0 atom stereocenters. The molecule has 2 aliphatic rings. The van der Waals surface area contributed by atoms with Crippen molar-refractivity contribution in [3.63, 3.8) is 0 Å². The highest BCUT2D eigenvalue weighted by atomic mass is 35.5. The van der Waals surface area contributed by atoms with Crippen LogP contribution in [0.1, 0.15) is 36.0 Å². The molecule has 1 aliphatic carbocycles. The van der Waals surface area contributed by atoms with Crippen molar-refractivity contribution >= 4 is 33.2 Å². The van der Waals surface area contributed by atoms with Crippen molar-refractivity contribution < 1.29 is 17.9 Å². The molecule has 2 aromatic rings. The SMILES string of the molecule is CS(=O)(=O)c1ccc(OC2CCCC2)c(C(=O)N2CCN(c3ccc(Cl)cn3)CC2)c1. The summed E-state index contributed by atoms with van der Waals surface area (Å²) >= 11 is 5.91. The van der Waals surface area contributed by atoms with Crippen molar-refractivity contribution in [1.29, 1.82) is 0 Å². The van der Waals surface area contributed by atoms with Crippen molar-refractivity contribution in [3.05, 3.63) is 47.1 Å². The van der Waals surface area contributed by atoms with E-state index in [2.05, 4.69) is 9.88 Å². The maximum Gasteiger partial charge on any atom is 0.257 e. The Kier molecular flexibility index (Phi) is 6.39. The topological polar surface area (TPSA) is 79.8 Å². The molecule has 2 heterocycles. The van der Waals surface area contributed by atoms with E-state index in [1.54, 1.807) is 23.2 Å². The smallest absolute Gasteiger partial charge is 0.257 e. The van der Waals surface area contributed by atoms with Crippen LogP contribution in [0.4, 0.5) is 5.82 Å². The summed E-state index contributed by atoms with van der Waals surface area (Å²) in [6.45, 7) is 2.28. The van der Waals surface area contributed by atoms with Gasteiger partial charge in [-0.15, -0.1) is 0 Å². The minimum absolute atomic E-state index is 0.0726. The molecule has 0 radical (unpaired) electrons. The predicted molar refractivity (Wildman–Crippen MR) is 120 cm³/mol. The van der Waals surface area contributed by atoms with E-state index in [0.29, 0.717) is 42.5 Å². The molecule has 31 heavy (non-hydrogen) atoms. The maximum atomic E-state index is 13.4. The number of piperazine rings is 1. The van der Waals surface area contributed by atoms with Gasteiger partial charge in [-0.1, -0.05) is 11.6 Å². The number of amides is 1. The average Bonchev–Trinajstić information content (AvgIpc) is 3.26. The molecule has 1 aromatic heterocycles. The number of hydrogen-bond donors (Lipinski definition) is 0. The van der Waals surface area contributed by atoms with Gasteiger partial charge in [-0.3, -0.25) is 4.79 Å². The van der Waals surface area contributed by atoms with E-state index in [-0.39, 0.29) is 16.9 Å². The summed E-state index contributed by atoms with van der Waals surface area (Å²) < 4.78 is 30.3. The van der Waals surface area contributed by atoms with E-state index in [0.717, 1.165) is 37.8 Å². The minimum Gasteiger partial charge on any atom is -0.490 e. The molecule has 2 fully saturated rings. The van der Waals surface area contributed by atoms with Crippen LogP contribution in [-0.4, -0.2) is 62.7 Å². The van der Waals surface area contributed by atoms with Crippen LogP contribution in [0, 0.1) is 0 Å². The van der Waals surface area contributed by atoms with Crippen LogP contribution in [0.3, 0.4) is 0 Å². The van der Waals surface area contributed by atoms with Gasteiger partial charge in [0.15, 0.2) is 9.84 Å². The Labute approximate surface area is 187 Å². The second-order valence-corrected chi connectivity index (χ2v) is 10.5. The third kappa shape index (κ3) is 5.13. The van der Waals surface area contributed by atoms with E-state index >= 15 is 0 Å². The molecule has 1 saturated carbocycles. The molecule has 4 rings (SSSR count). The summed E-state index contributed by atoms with van der Waals surface area (Å²) in [4.78, 5) is 21.7. The van der Waals surface area contributed by atoms with Crippen LogP contribution >= 0.6 is 11.6 Å². The van der Waals surface area contributed by atoms with E-state index < -0.39 is 9.84 Å². The Morgan fingerprint density at radius 1 is 1.10 bits per heavy atom. The van der Waals surface area contributed by atoms with Crippen LogP contribution in [0.5, 0.6) is 5.75 Å². The van der Waals surface area contributed by atoms with Gasteiger partial charge in [0.25, 0.3) is 5.91 Å². The lowest BCUT2D eigenvalue weighted by Crippen LogP contribution is -2.49.